The fourth-order valence-corrected chi connectivity index (χ4v) is 1.41. The average molecular weight is 211 g/mol. The number of rotatable bonds is 3. The molecular formula is C10H17N3O2. The molecule has 0 saturated carbocycles. The van der Waals surface area contributed by atoms with Crippen LogP contribution in [-0.2, 0) is 17.2 Å². The quantitative estimate of drug-likeness (QED) is 0.737. The summed E-state index contributed by atoms with van der Waals surface area (Å²) in [6.07, 6.45) is 0. The third-order valence-electron chi connectivity index (χ3n) is 2.48. The van der Waals surface area contributed by atoms with E-state index in [-0.39, 0.29) is 5.41 Å². The van der Waals surface area contributed by atoms with E-state index in [0.29, 0.717) is 12.2 Å². The number of hydrogen-bond acceptors (Lipinski definition) is 4. The largest absolute Gasteiger partial charge is 0.464 e. The Bertz CT molecular complexity index is 369. The molecule has 1 aromatic rings. The molecule has 2 N–H and O–H groups in total. The molecule has 0 bridgehead atoms. The van der Waals surface area contributed by atoms with Gasteiger partial charge in [0.05, 0.1) is 7.11 Å². The molecule has 5 nitrogen and oxygen atoms in total. The topological polar surface area (TPSA) is 70.1 Å². The average Bonchev–Trinajstić information content (AvgIpc) is 2.60. The maximum atomic E-state index is 11.3. The van der Waals surface area contributed by atoms with Crippen LogP contribution in [0.1, 0.15) is 30.0 Å². The van der Waals surface area contributed by atoms with Gasteiger partial charge in [-0.2, -0.15) is 5.10 Å². The number of methoxy groups -OCH3 is 1. The molecule has 0 aliphatic carbocycles. The van der Waals surface area contributed by atoms with Crippen molar-refractivity contribution in [2.24, 2.45) is 12.8 Å². The van der Waals surface area contributed by atoms with Gasteiger partial charge >= 0.3 is 5.97 Å². The summed E-state index contributed by atoms with van der Waals surface area (Å²) in [6.45, 7) is 4.50. The van der Waals surface area contributed by atoms with Crippen LogP contribution in [0.4, 0.5) is 0 Å². The smallest absolute Gasteiger partial charge is 0.358 e. The molecule has 1 heterocycles. The molecule has 0 amide bonds. The molecule has 0 radical (unpaired) electrons. The van der Waals surface area contributed by atoms with E-state index >= 15 is 0 Å². The lowest BCUT2D eigenvalue weighted by Crippen LogP contribution is -2.30. The highest BCUT2D eigenvalue weighted by atomic mass is 16.5. The predicted octanol–water partition coefficient (Wildman–Crippen LogP) is 0.443. The second kappa shape index (κ2) is 4.02. The summed E-state index contributed by atoms with van der Waals surface area (Å²) in [5.41, 5.74) is 6.71. The zero-order valence-electron chi connectivity index (χ0n) is 9.57. The number of aromatic nitrogens is 2. The van der Waals surface area contributed by atoms with Gasteiger partial charge in [0.25, 0.3) is 0 Å². The first kappa shape index (κ1) is 11.7. The highest BCUT2D eigenvalue weighted by molar-refractivity contribution is 5.87. The number of nitrogens with two attached hydrogens (primary N) is 1. The van der Waals surface area contributed by atoms with Crippen LogP contribution in [-0.4, -0.2) is 29.4 Å². The van der Waals surface area contributed by atoms with Crippen LogP contribution < -0.4 is 5.73 Å². The van der Waals surface area contributed by atoms with Crippen molar-refractivity contribution in [1.82, 2.24) is 9.78 Å². The van der Waals surface area contributed by atoms with Crippen molar-refractivity contribution in [2.75, 3.05) is 13.7 Å². The van der Waals surface area contributed by atoms with Gasteiger partial charge in [0.1, 0.15) is 0 Å². The van der Waals surface area contributed by atoms with E-state index < -0.39 is 5.97 Å². The van der Waals surface area contributed by atoms with Gasteiger partial charge in [-0.05, 0) is 6.07 Å². The van der Waals surface area contributed by atoms with Crippen molar-refractivity contribution < 1.29 is 9.53 Å². The van der Waals surface area contributed by atoms with Gasteiger partial charge in [-0.25, -0.2) is 4.79 Å². The Balaban J connectivity index is 3.12. The molecule has 15 heavy (non-hydrogen) atoms. The third kappa shape index (κ3) is 2.18. The van der Waals surface area contributed by atoms with Gasteiger partial charge in [0.15, 0.2) is 5.69 Å². The Morgan fingerprint density at radius 2 is 2.27 bits per heavy atom. The van der Waals surface area contributed by atoms with Crippen LogP contribution in [0.2, 0.25) is 0 Å². The molecule has 84 valence electrons. The number of nitrogens with zero attached hydrogens (tertiary/aromatic N) is 2. The fourth-order valence-electron chi connectivity index (χ4n) is 1.41. The van der Waals surface area contributed by atoms with Crippen molar-refractivity contribution in [3.8, 4) is 0 Å². The van der Waals surface area contributed by atoms with Crippen LogP contribution >= 0.6 is 0 Å². The van der Waals surface area contributed by atoms with Gasteiger partial charge in [-0.3, -0.25) is 4.68 Å². The molecule has 0 saturated heterocycles. The lowest BCUT2D eigenvalue weighted by Gasteiger charge is -2.22. The molecule has 0 aliphatic heterocycles. The number of ether oxygens (including phenoxy) is 1. The number of carbonyl (C=O) groups is 1. The lowest BCUT2D eigenvalue weighted by atomic mass is 9.89. The summed E-state index contributed by atoms with van der Waals surface area (Å²) in [6, 6.07) is 1.72. The first-order valence-corrected chi connectivity index (χ1v) is 4.75. The van der Waals surface area contributed by atoms with Gasteiger partial charge in [0, 0.05) is 24.7 Å². The minimum absolute atomic E-state index is 0.200. The maximum Gasteiger partial charge on any atom is 0.358 e. The van der Waals surface area contributed by atoms with Crippen molar-refractivity contribution >= 4 is 5.97 Å². The number of esters is 1. The van der Waals surface area contributed by atoms with E-state index in [1.807, 2.05) is 13.8 Å². The summed E-state index contributed by atoms with van der Waals surface area (Å²) in [5.74, 6) is -0.426. The van der Waals surface area contributed by atoms with Crippen LogP contribution in [0.25, 0.3) is 0 Å². The van der Waals surface area contributed by atoms with E-state index in [1.165, 1.54) is 7.11 Å². The second-order valence-corrected chi connectivity index (χ2v) is 4.12. The molecule has 0 unspecified atom stereocenters. The van der Waals surface area contributed by atoms with Crippen LogP contribution in [0.15, 0.2) is 6.07 Å². The zero-order valence-corrected chi connectivity index (χ0v) is 9.57. The van der Waals surface area contributed by atoms with E-state index in [1.54, 1.807) is 17.8 Å². The second-order valence-electron chi connectivity index (χ2n) is 4.12. The van der Waals surface area contributed by atoms with Crippen molar-refractivity contribution in [3.05, 3.63) is 17.5 Å². The summed E-state index contributed by atoms with van der Waals surface area (Å²) in [7, 11) is 3.13. The van der Waals surface area contributed by atoms with Gasteiger partial charge in [0.2, 0.25) is 0 Å². The molecule has 1 aromatic heterocycles. The molecule has 0 atom stereocenters. The minimum atomic E-state index is -0.426. The van der Waals surface area contributed by atoms with E-state index in [0.717, 1.165) is 5.69 Å². The third-order valence-corrected chi connectivity index (χ3v) is 2.48. The highest BCUT2D eigenvalue weighted by Crippen LogP contribution is 2.22. The van der Waals surface area contributed by atoms with E-state index in [4.69, 9.17) is 5.73 Å². The zero-order chi connectivity index (χ0) is 11.6. The van der Waals surface area contributed by atoms with Crippen LogP contribution in [0.5, 0.6) is 0 Å². The van der Waals surface area contributed by atoms with Crippen LogP contribution in [0, 0.1) is 0 Å². The van der Waals surface area contributed by atoms with Gasteiger partial charge < -0.3 is 10.5 Å². The minimum Gasteiger partial charge on any atom is -0.464 e. The number of hydrogen-bond donors (Lipinski definition) is 1. The Hall–Kier alpha value is -1.36. The molecule has 5 heteroatoms. The summed E-state index contributed by atoms with van der Waals surface area (Å²) >= 11 is 0. The van der Waals surface area contributed by atoms with E-state index in [9.17, 15) is 4.79 Å². The summed E-state index contributed by atoms with van der Waals surface area (Å²) < 4.78 is 6.27. The Kier molecular flexibility index (Phi) is 3.14. The first-order valence-electron chi connectivity index (χ1n) is 4.75. The summed E-state index contributed by atoms with van der Waals surface area (Å²) in [4.78, 5) is 11.3. The molecule has 0 fully saturated rings. The molecular weight excluding hydrogens is 194 g/mol. The monoisotopic (exact) mass is 211 g/mol. The summed E-state index contributed by atoms with van der Waals surface area (Å²) in [5, 5.41) is 4.08. The SMILES string of the molecule is COC(=O)c1cc(C(C)(C)CN)n(C)n1. The van der Waals surface area contributed by atoms with Gasteiger partial charge in [-0.15, -0.1) is 0 Å². The first-order chi connectivity index (χ1) is 6.92. The Labute approximate surface area is 89.2 Å². The maximum absolute atomic E-state index is 11.3. The Morgan fingerprint density at radius 3 is 2.73 bits per heavy atom. The number of aryl methyl sites for hydroxylation is 1. The molecule has 0 spiro atoms. The molecule has 0 aliphatic rings. The fraction of sp³-hybridized carbons (Fsp3) is 0.600. The highest BCUT2D eigenvalue weighted by Gasteiger charge is 2.25. The normalized spacial score (nSPS) is 11.5. The number of carbonyl (C=O) groups excluding carboxylic acids is 1. The van der Waals surface area contributed by atoms with Crippen molar-refractivity contribution in [2.45, 2.75) is 19.3 Å². The van der Waals surface area contributed by atoms with Gasteiger partial charge in [-0.1, -0.05) is 13.8 Å². The standard InChI is InChI=1S/C10H17N3O2/c1-10(2,6-11)8-5-7(9(14)15-4)12-13(8)3/h5H,6,11H2,1-4H3. The molecule has 0 aromatic carbocycles. The van der Waals surface area contributed by atoms with E-state index in [2.05, 4.69) is 9.84 Å². The Morgan fingerprint density at radius 1 is 1.67 bits per heavy atom. The van der Waals surface area contributed by atoms with Crippen molar-refractivity contribution in [1.29, 1.82) is 0 Å². The predicted molar refractivity (Wildman–Crippen MR) is 56.6 cm³/mol. The lowest BCUT2D eigenvalue weighted by molar-refractivity contribution is 0.0593. The van der Waals surface area contributed by atoms with Crippen molar-refractivity contribution in [3.63, 3.8) is 0 Å². The van der Waals surface area contributed by atoms with Crippen LogP contribution in [0.3, 0.4) is 0 Å². The molecule has 1 rings (SSSR count).